The van der Waals surface area contributed by atoms with Gasteiger partial charge in [-0.1, -0.05) is 25.0 Å². The molecule has 1 atom stereocenters. The van der Waals surface area contributed by atoms with Crippen molar-refractivity contribution in [2.45, 2.75) is 51.2 Å². The molecule has 1 N–H and O–H groups in total. The van der Waals surface area contributed by atoms with Gasteiger partial charge >= 0.3 is 0 Å². The molecule has 0 saturated heterocycles. The van der Waals surface area contributed by atoms with E-state index in [1.54, 1.807) is 31.2 Å². The summed E-state index contributed by atoms with van der Waals surface area (Å²) < 4.78 is 44.6. The molecule has 0 aliphatic heterocycles. The summed E-state index contributed by atoms with van der Waals surface area (Å²) >= 11 is 0. The molecule has 0 unspecified atom stereocenters. The number of amides is 2. The predicted molar refractivity (Wildman–Crippen MR) is 132 cm³/mol. The highest BCUT2D eigenvalue weighted by Gasteiger charge is 2.31. The summed E-state index contributed by atoms with van der Waals surface area (Å²) in [7, 11) is -2.33. The standard InChI is InChI=1S/C25H32FN3O5S/c1-18(25(31)27-21-8-4-5-9-21)28(16-19-7-6-10-23(15-19)34-2)24(30)17-29(35(3,32)33)22-13-11-20(26)12-14-22/h6-7,10-15,18,21H,4-5,8-9,16-17H2,1-3H3,(H,27,31)/t18-/m0/s1. The lowest BCUT2D eigenvalue weighted by molar-refractivity contribution is -0.139. The van der Waals surface area contributed by atoms with Gasteiger partial charge in [0.25, 0.3) is 0 Å². The van der Waals surface area contributed by atoms with Crippen molar-refractivity contribution in [1.82, 2.24) is 10.2 Å². The molecule has 1 saturated carbocycles. The lowest BCUT2D eigenvalue weighted by atomic mass is 10.1. The Morgan fingerprint density at radius 1 is 1.14 bits per heavy atom. The van der Waals surface area contributed by atoms with Crippen molar-refractivity contribution in [2.75, 3.05) is 24.2 Å². The molecule has 35 heavy (non-hydrogen) atoms. The summed E-state index contributed by atoms with van der Waals surface area (Å²) in [6.45, 7) is 1.18. The van der Waals surface area contributed by atoms with Crippen LogP contribution in [0.3, 0.4) is 0 Å². The minimum absolute atomic E-state index is 0.0745. The minimum atomic E-state index is -3.86. The average Bonchev–Trinajstić information content (AvgIpc) is 3.33. The number of nitrogens with one attached hydrogen (secondary N) is 1. The molecule has 0 bridgehead atoms. The zero-order valence-corrected chi connectivity index (χ0v) is 21.1. The Balaban J connectivity index is 1.88. The number of methoxy groups -OCH3 is 1. The number of hydrogen-bond donors (Lipinski definition) is 1. The molecule has 1 aliphatic rings. The Labute approximate surface area is 206 Å². The van der Waals surface area contributed by atoms with E-state index in [4.69, 9.17) is 4.74 Å². The summed E-state index contributed by atoms with van der Waals surface area (Å²) in [5, 5.41) is 3.01. The Morgan fingerprint density at radius 3 is 2.40 bits per heavy atom. The molecule has 10 heteroatoms. The molecule has 0 aromatic heterocycles. The van der Waals surface area contributed by atoms with Crippen LogP contribution in [-0.2, 0) is 26.2 Å². The SMILES string of the molecule is COc1cccc(CN(C(=O)CN(c2ccc(F)cc2)S(C)(=O)=O)[C@@H](C)C(=O)NC2CCCC2)c1. The van der Waals surface area contributed by atoms with Crippen LogP contribution < -0.4 is 14.4 Å². The number of benzene rings is 2. The van der Waals surface area contributed by atoms with Crippen molar-refractivity contribution in [2.24, 2.45) is 0 Å². The van der Waals surface area contributed by atoms with Crippen LogP contribution in [0.1, 0.15) is 38.2 Å². The first-order valence-corrected chi connectivity index (χ1v) is 13.4. The van der Waals surface area contributed by atoms with E-state index in [1.165, 1.54) is 24.1 Å². The molecule has 0 spiro atoms. The van der Waals surface area contributed by atoms with Gasteiger partial charge in [-0.15, -0.1) is 0 Å². The maximum atomic E-state index is 13.5. The summed E-state index contributed by atoms with van der Waals surface area (Å²) in [5.41, 5.74) is 0.887. The molecule has 2 aromatic carbocycles. The molecule has 1 fully saturated rings. The van der Waals surface area contributed by atoms with Gasteiger partial charge in [-0.3, -0.25) is 13.9 Å². The van der Waals surface area contributed by atoms with E-state index in [0.717, 1.165) is 53.9 Å². The number of carbonyl (C=O) groups is 2. The average molecular weight is 506 g/mol. The number of sulfonamides is 1. The molecular formula is C25H32FN3O5S. The highest BCUT2D eigenvalue weighted by Crippen LogP contribution is 2.22. The van der Waals surface area contributed by atoms with Gasteiger partial charge in [0.05, 0.1) is 19.1 Å². The first-order chi connectivity index (χ1) is 16.6. The smallest absolute Gasteiger partial charge is 0.244 e. The Morgan fingerprint density at radius 2 is 1.80 bits per heavy atom. The van der Waals surface area contributed by atoms with Crippen molar-refractivity contribution in [3.05, 3.63) is 59.9 Å². The first-order valence-electron chi connectivity index (χ1n) is 11.5. The Hall–Kier alpha value is -3.14. The van der Waals surface area contributed by atoms with Crippen LogP contribution in [0.2, 0.25) is 0 Å². The van der Waals surface area contributed by atoms with Gasteiger partial charge < -0.3 is 15.0 Å². The van der Waals surface area contributed by atoms with Crippen molar-refractivity contribution in [3.63, 3.8) is 0 Å². The van der Waals surface area contributed by atoms with Gasteiger partial charge in [0.2, 0.25) is 21.8 Å². The molecule has 0 radical (unpaired) electrons. The first kappa shape index (κ1) is 26.5. The van der Waals surface area contributed by atoms with E-state index in [1.807, 2.05) is 0 Å². The van der Waals surface area contributed by atoms with Gasteiger partial charge in [-0.2, -0.15) is 0 Å². The van der Waals surface area contributed by atoms with Gasteiger partial charge in [-0.25, -0.2) is 12.8 Å². The minimum Gasteiger partial charge on any atom is -0.497 e. The van der Waals surface area contributed by atoms with Crippen molar-refractivity contribution >= 4 is 27.5 Å². The molecule has 0 heterocycles. The molecule has 3 rings (SSSR count). The van der Waals surface area contributed by atoms with E-state index < -0.39 is 34.3 Å². The fourth-order valence-electron chi connectivity index (χ4n) is 4.16. The molecular weight excluding hydrogens is 473 g/mol. The third kappa shape index (κ3) is 7.17. The second-order valence-corrected chi connectivity index (χ2v) is 10.7. The number of hydrogen-bond acceptors (Lipinski definition) is 5. The molecule has 190 valence electrons. The van der Waals surface area contributed by atoms with E-state index in [9.17, 15) is 22.4 Å². The van der Waals surface area contributed by atoms with Crippen LogP contribution >= 0.6 is 0 Å². The second kappa shape index (κ2) is 11.5. The van der Waals surface area contributed by atoms with Crippen molar-refractivity contribution < 1.29 is 27.1 Å². The highest BCUT2D eigenvalue weighted by molar-refractivity contribution is 7.92. The fourth-order valence-corrected chi connectivity index (χ4v) is 5.01. The van der Waals surface area contributed by atoms with Crippen LogP contribution in [0.15, 0.2) is 48.5 Å². The third-order valence-corrected chi connectivity index (χ3v) is 7.29. The zero-order chi connectivity index (χ0) is 25.6. The molecule has 1 aliphatic carbocycles. The maximum Gasteiger partial charge on any atom is 0.244 e. The molecule has 2 amide bonds. The summed E-state index contributed by atoms with van der Waals surface area (Å²) in [5.74, 6) is -0.773. The number of ether oxygens (including phenoxy) is 1. The monoisotopic (exact) mass is 505 g/mol. The van der Waals surface area contributed by atoms with Crippen LogP contribution in [0.5, 0.6) is 5.75 Å². The van der Waals surface area contributed by atoms with Gasteiger partial charge in [0.1, 0.15) is 24.2 Å². The van der Waals surface area contributed by atoms with E-state index in [0.29, 0.717) is 5.75 Å². The lowest BCUT2D eigenvalue weighted by Crippen LogP contribution is -2.52. The summed E-state index contributed by atoms with van der Waals surface area (Å²) in [6.07, 6.45) is 4.87. The normalized spacial score (nSPS) is 14.9. The van der Waals surface area contributed by atoms with Crippen LogP contribution in [0.4, 0.5) is 10.1 Å². The van der Waals surface area contributed by atoms with E-state index in [-0.39, 0.29) is 24.2 Å². The predicted octanol–water partition coefficient (Wildman–Crippen LogP) is 3.08. The Bertz CT molecular complexity index is 1130. The Kier molecular flexibility index (Phi) is 8.71. The summed E-state index contributed by atoms with van der Waals surface area (Å²) in [6, 6.07) is 11.2. The largest absolute Gasteiger partial charge is 0.497 e. The topological polar surface area (TPSA) is 96.0 Å². The lowest BCUT2D eigenvalue weighted by Gasteiger charge is -2.32. The number of anilines is 1. The van der Waals surface area contributed by atoms with Gasteiger partial charge in [0, 0.05) is 12.6 Å². The number of nitrogens with zero attached hydrogens (tertiary/aromatic N) is 2. The van der Waals surface area contributed by atoms with Gasteiger partial charge in [0.15, 0.2) is 0 Å². The van der Waals surface area contributed by atoms with Crippen LogP contribution in [0.25, 0.3) is 0 Å². The van der Waals surface area contributed by atoms with Crippen molar-refractivity contribution in [3.8, 4) is 5.75 Å². The fraction of sp³-hybridized carbons (Fsp3) is 0.440. The van der Waals surface area contributed by atoms with E-state index in [2.05, 4.69) is 5.32 Å². The number of rotatable bonds is 10. The maximum absolute atomic E-state index is 13.5. The zero-order valence-electron chi connectivity index (χ0n) is 20.2. The van der Waals surface area contributed by atoms with Crippen molar-refractivity contribution in [1.29, 1.82) is 0 Å². The molecule has 2 aromatic rings. The van der Waals surface area contributed by atoms with Crippen LogP contribution in [0, 0.1) is 5.82 Å². The van der Waals surface area contributed by atoms with Crippen LogP contribution in [-0.4, -0.2) is 57.1 Å². The highest BCUT2D eigenvalue weighted by atomic mass is 32.2. The number of halogens is 1. The third-order valence-electron chi connectivity index (χ3n) is 6.15. The van der Waals surface area contributed by atoms with E-state index >= 15 is 0 Å². The molecule has 8 nitrogen and oxygen atoms in total. The summed E-state index contributed by atoms with van der Waals surface area (Å²) in [4.78, 5) is 27.9. The quantitative estimate of drug-likeness (QED) is 0.535. The van der Waals surface area contributed by atoms with Gasteiger partial charge in [-0.05, 0) is 61.7 Å². The second-order valence-electron chi connectivity index (χ2n) is 8.79. The number of carbonyl (C=O) groups excluding carboxylic acids is 2.